The van der Waals surface area contributed by atoms with Crippen molar-refractivity contribution in [3.8, 4) is 0 Å². The Kier molecular flexibility index (Phi) is 8.22. The molecule has 2 nitrogen and oxygen atoms in total. The zero-order valence-electron chi connectivity index (χ0n) is 15.9. The minimum Gasteiger partial charge on any atom is -0.549 e. The Morgan fingerprint density at radius 3 is 1.64 bits per heavy atom. The fraction of sp³-hybridized carbons (Fsp3) is 0.273. The first kappa shape index (κ1) is 20.8. The van der Waals surface area contributed by atoms with Crippen molar-refractivity contribution < 1.29 is 9.53 Å². The van der Waals surface area contributed by atoms with Crippen LogP contribution in [0.1, 0.15) is 31.9 Å². The van der Waals surface area contributed by atoms with Crippen molar-refractivity contribution in [2.24, 2.45) is 0 Å². The van der Waals surface area contributed by atoms with E-state index in [2.05, 4.69) is 46.0 Å². The summed E-state index contributed by atoms with van der Waals surface area (Å²) in [6, 6.07) is 19.9. The normalized spacial score (nSPS) is 12.0. The fourth-order valence-electron chi connectivity index (χ4n) is 1.67. The molecule has 0 aliphatic rings. The molecule has 2 aromatic carbocycles. The molecule has 134 valence electrons. The molecule has 0 amide bonds. The van der Waals surface area contributed by atoms with E-state index in [0.717, 1.165) is 11.8 Å². The largest absolute Gasteiger partial charge is 0.549 e. The number of rotatable bonds is 4. The van der Waals surface area contributed by atoms with E-state index in [1.165, 1.54) is 5.56 Å². The van der Waals surface area contributed by atoms with Crippen molar-refractivity contribution in [1.29, 1.82) is 0 Å². The summed E-state index contributed by atoms with van der Waals surface area (Å²) in [5.74, 6) is 0. The van der Waals surface area contributed by atoms with E-state index >= 15 is 0 Å². The van der Waals surface area contributed by atoms with Gasteiger partial charge in [-0.25, -0.2) is 0 Å². The molecule has 0 heterocycles. The summed E-state index contributed by atoms with van der Waals surface area (Å²) in [5, 5.41) is 8.60. The zero-order chi connectivity index (χ0) is 18.8. The minimum absolute atomic E-state index is 0.258. The lowest BCUT2D eigenvalue weighted by Crippen LogP contribution is -2.39. The second-order valence-corrected chi connectivity index (χ2v) is 12.1. The van der Waals surface area contributed by atoms with Crippen LogP contribution in [0.3, 0.4) is 0 Å². The van der Waals surface area contributed by atoms with Crippen LogP contribution in [0.5, 0.6) is 0 Å². The summed E-state index contributed by atoms with van der Waals surface area (Å²) < 4.78 is 5.96. The Morgan fingerprint density at radius 1 is 0.800 bits per heavy atom. The van der Waals surface area contributed by atoms with Gasteiger partial charge in [-0.05, 0) is 41.4 Å². The molecule has 0 fully saturated rings. The molecule has 0 spiro atoms. The van der Waals surface area contributed by atoms with E-state index in [1.54, 1.807) is 6.08 Å². The van der Waals surface area contributed by atoms with Gasteiger partial charge < -0.3 is 9.53 Å². The van der Waals surface area contributed by atoms with E-state index < -0.39 is 8.32 Å². The van der Waals surface area contributed by atoms with Gasteiger partial charge in [0.05, 0.1) is 12.5 Å². The van der Waals surface area contributed by atoms with Gasteiger partial charge in [0.15, 0.2) is 0 Å². The lowest BCUT2D eigenvalue weighted by Gasteiger charge is -2.34. The van der Waals surface area contributed by atoms with Crippen LogP contribution in [-0.2, 0) is 4.43 Å². The van der Waals surface area contributed by atoms with Crippen LogP contribution >= 0.6 is 0 Å². The molecular formula is C22H30O2Si. The maximum atomic E-state index is 8.34. The Balaban J connectivity index is 0.000000293. The third-order valence-corrected chi connectivity index (χ3v) is 8.63. The average molecular weight is 355 g/mol. The van der Waals surface area contributed by atoms with Gasteiger partial charge in [-0.15, -0.1) is 0 Å². The van der Waals surface area contributed by atoms with Crippen molar-refractivity contribution in [3.05, 3.63) is 84.3 Å². The lowest BCUT2D eigenvalue weighted by molar-refractivity contribution is 0.433. The van der Waals surface area contributed by atoms with Crippen LogP contribution in [0.2, 0.25) is 18.1 Å². The Labute approximate surface area is 153 Å². The Bertz CT molecular complexity index is 653. The molecule has 25 heavy (non-hydrogen) atoms. The molecule has 0 saturated carbocycles. The molecule has 0 aromatic heterocycles. The van der Waals surface area contributed by atoms with Gasteiger partial charge in [-0.2, -0.15) is 0 Å². The highest BCUT2D eigenvalue weighted by atomic mass is 28.4. The molecule has 2 aromatic rings. The average Bonchev–Trinajstić information content (AvgIpc) is 2.56. The minimum atomic E-state index is -1.65. The summed E-state index contributed by atoms with van der Waals surface area (Å²) >= 11 is 0. The molecule has 0 radical (unpaired) electrons. The number of hydrogen-bond acceptors (Lipinski definition) is 2. The Morgan fingerprint density at radius 2 is 1.24 bits per heavy atom. The molecule has 1 N–H and O–H groups in total. The van der Waals surface area contributed by atoms with E-state index in [4.69, 9.17) is 9.53 Å². The third-order valence-electron chi connectivity index (χ3n) is 4.30. The van der Waals surface area contributed by atoms with Gasteiger partial charge in [0, 0.05) is 0 Å². The van der Waals surface area contributed by atoms with Crippen LogP contribution in [0, 0.1) is 0 Å². The van der Waals surface area contributed by atoms with Gasteiger partial charge in [-0.1, -0.05) is 81.4 Å². The SMILES string of the molecule is CC(C)(C)[Si](C)(C)OC=Cc1ccccc1.OC=Cc1ccccc1. The summed E-state index contributed by atoms with van der Waals surface area (Å²) in [4.78, 5) is 0. The van der Waals surface area contributed by atoms with Crippen LogP contribution in [0.4, 0.5) is 0 Å². The van der Waals surface area contributed by atoms with Crippen molar-refractivity contribution in [2.45, 2.75) is 38.9 Å². The van der Waals surface area contributed by atoms with Crippen LogP contribution in [-0.4, -0.2) is 13.4 Å². The molecule has 0 saturated heterocycles. The maximum absolute atomic E-state index is 8.34. The molecule has 3 heteroatoms. The zero-order valence-corrected chi connectivity index (χ0v) is 16.9. The quantitative estimate of drug-likeness (QED) is 0.478. The summed E-state index contributed by atoms with van der Waals surface area (Å²) in [6.45, 7) is 11.2. The Hall–Kier alpha value is -2.26. The molecule has 0 bridgehead atoms. The van der Waals surface area contributed by atoms with Gasteiger partial charge in [0.1, 0.15) is 0 Å². The summed E-state index contributed by atoms with van der Waals surface area (Å²) in [5.41, 5.74) is 2.20. The molecule has 2 rings (SSSR count). The standard InChI is InChI=1S/C14H22OSi.C8H8O/c1-14(2,3)16(4,5)15-12-11-13-9-7-6-8-10-13;9-7-6-8-4-2-1-3-5-8/h6-12H,1-5H3;1-7,9H. The summed E-state index contributed by atoms with van der Waals surface area (Å²) in [7, 11) is -1.65. The first-order valence-electron chi connectivity index (χ1n) is 8.51. The summed E-state index contributed by atoms with van der Waals surface area (Å²) in [6.07, 6.45) is 6.56. The lowest BCUT2D eigenvalue weighted by atomic mass is 10.2. The highest BCUT2D eigenvalue weighted by Gasteiger charge is 2.37. The first-order chi connectivity index (χ1) is 11.8. The van der Waals surface area contributed by atoms with Crippen molar-refractivity contribution >= 4 is 20.5 Å². The number of hydrogen-bond donors (Lipinski definition) is 1. The fourth-order valence-corrected chi connectivity index (χ4v) is 2.44. The second-order valence-electron chi connectivity index (χ2n) is 7.32. The van der Waals surface area contributed by atoms with Crippen LogP contribution < -0.4 is 0 Å². The topological polar surface area (TPSA) is 29.5 Å². The molecule has 0 aliphatic heterocycles. The maximum Gasteiger partial charge on any atom is 0.249 e. The van der Waals surface area contributed by atoms with Crippen molar-refractivity contribution in [2.75, 3.05) is 0 Å². The van der Waals surface area contributed by atoms with E-state index in [9.17, 15) is 0 Å². The molecular weight excluding hydrogens is 324 g/mol. The van der Waals surface area contributed by atoms with Gasteiger partial charge in [0.25, 0.3) is 0 Å². The van der Waals surface area contributed by atoms with E-state index in [1.807, 2.05) is 60.9 Å². The molecule has 0 unspecified atom stereocenters. The first-order valence-corrected chi connectivity index (χ1v) is 11.4. The predicted octanol–water partition coefficient (Wildman–Crippen LogP) is 6.89. The van der Waals surface area contributed by atoms with E-state index in [0.29, 0.717) is 0 Å². The van der Waals surface area contributed by atoms with E-state index in [-0.39, 0.29) is 5.04 Å². The van der Waals surface area contributed by atoms with Crippen molar-refractivity contribution in [1.82, 2.24) is 0 Å². The third kappa shape index (κ3) is 7.90. The number of benzene rings is 2. The van der Waals surface area contributed by atoms with Crippen LogP contribution in [0.25, 0.3) is 12.2 Å². The molecule has 0 aliphatic carbocycles. The second kappa shape index (κ2) is 9.89. The van der Waals surface area contributed by atoms with Gasteiger partial charge >= 0.3 is 0 Å². The van der Waals surface area contributed by atoms with Gasteiger partial charge in [0.2, 0.25) is 8.32 Å². The highest BCUT2D eigenvalue weighted by Crippen LogP contribution is 2.36. The molecule has 0 atom stereocenters. The monoisotopic (exact) mass is 354 g/mol. The number of aliphatic hydroxyl groups is 1. The predicted molar refractivity (Wildman–Crippen MR) is 112 cm³/mol. The smallest absolute Gasteiger partial charge is 0.249 e. The van der Waals surface area contributed by atoms with Crippen molar-refractivity contribution in [3.63, 3.8) is 0 Å². The highest BCUT2D eigenvalue weighted by molar-refractivity contribution is 6.74. The number of aliphatic hydroxyl groups excluding tert-OH is 1. The van der Waals surface area contributed by atoms with Gasteiger partial charge in [-0.3, -0.25) is 0 Å². The van der Waals surface area contributed by atoms with Crippen LogP contribution in [0.15, 0.2) is 73.2 Å².